The molecule has 0 radical (unpaired) electrons. The molecule has 0 fully saturated rings. The standard InChI is InChI=1S/C25H23N3O5/c1-17-6-5-13-28-24(30)14-18(26-25(17)28)15-33-22-8-4-3-7-21(22)27-23(29)16-32-20-11-9-19(31-2)10-12-20/h3-14H,15-16H2,1-2H3,(H,27,29). The molecular weight excluding hydrogens is 422 g/mol. The summed E-state index contributed by atoms with van der Waals surface area (Å²) in [6.45, 7) is 1.81. The molecular formula is C25H23N3O5. The van der Waals surface area contributed by atoms with E-state index in [0.717, 1.165) is 5.56 Å². The first-order chi connectivity index (χ1) is 16.0. The molecule has 2 aromatic heterocycles. The number of fused-ring (bicyclic) bond motifs is 1. The van der Waals surface area contributed by atoms with Crippen molar-refractivity contribution < 1.29 is 19.0 Å². The number of benzene rings is 2. The summed E-state index contributed by atoms with van der Waals surface area (Å²) >= 11 is 0. The number of aromatic nitrogens is 2. The molecule has 8 nitrogen and oxygen atoms in total. The number of amides is 1. The van der Waals surface area contributed by atoms with Gasteiger partial charge < -0.3 is 19.5 Å². The van der Waals surface area contributed by atoms with Crippen molar-refractivity contribution in [3.63, 3.8) is 0 Å². The number of pyridine rings is 1. The van der Waals surface area contributed by atoms with Crippen LogP contribution >= 0.6 is 0 Å². The number of nitrogens with zero attached hydrogens (tertiary/aromatic N) is 2. The van der Waals surface area contributed by atoms with Crippen LogP contribution in [0.2, 0.25) is 0 Å². The zero-order valence-corrected chi connectivity index (χ0v) is 18.3. The quantitative estimate of drug-likeness (QED) is 0.446. The van der Waals surface area contributed by atoms with Gasteiger partial charge in [0.25, 0.3) is 11.5 Å². The van der Waals surface area contributed by atoms with Crippen molar-refractivity contribution in [3.8, 4) is 17.2 Å². The van der Waals surface area contributed by atoms with E-state index in [1.54, 1.807) is 67.9 Å². The summed E-state index contributed by atoms with van der Waals surface area (Å²) in [6.07, 6.45) is 1.68. The zero-order chi connectivity index (χ0) is 23.2. The van der Waals surface area contributed by atoms with Crippen LogP contribution in [0.5, 0.6) is 17.2 Å². The number of carbonyl (C=O) groups excluding carboxylic acids is 1. The Morgan fingerprint density at radius 3 is 2.55 bits per heavy atom. The van der Waals surface area contributed by atoms with Crippen LogP contribution in [0.25, 0.3) is 5.65 Å². The van der Waals surface area contributed by atoms with Gasteiger partial charge in [-0.05, 0) is 55.0 Å². The average Bonchev–Trinajstić information content (AvgIpc) is 2.83. The third-order valence-corrected chi connectivity index (χ3v) is 4.91. The zero-order valence-electron chi connectivity index (χ0n) is 18.3. The Hall–Kier alpha value is -4.33. The van der Waals surface area contributed by atoms with Gasteiger partial charge in [-0.1, -0.05) is 18.2 Å². The predicted octanol–water partition coefficient (Wildman–Crippen LogP) is 3.61. The van der Waals surface area contributed by atoms with E-state index < -0.39 is 0 Å². The monoisotopic (exact) mass is 445 g/mol. The Bertz CT molecular complexity index is 1330. The normalized spacial score (nSPS) is 10.6. The lowest BCUT2D eigenvalue weighted by atomic mass is 10.2. The number of anilines is 1. The van der Waals surface area contributed by atoms with Crippen molar-refractivity contribution in [1.29, 1.82) is 0 Å². The van der Waals surface area contributed by atoms with E-state index in [9.17, 15) is 9.59 Å². The van der Waals surface area contributed by atoms with E-state index in [-0.39, 0.29) is 24.7 Å². The molecule has 2 heterocycles. The smallest absolute Gasteiger partial charge is 0.262 e. The van der Waals surface area contributed by atoms with Crippen molar-refractivity contribution >= 4 is 17.2 Å². The summed E-state index contributed by atoms with van der Waals surface area (Å²) in [5.41, 5.74) is 2.29. The molecule has 4 rings (SSSR count). The minimum Gasteiger partial charge on any atom is -0.497 e. The van der Waals surface area contributed by atoms with E-state index in [1.165, 1.54) is 10.5 Å². The highest BCUT2D eigenvalue weighted by Gasteiger charge is 2.10. The molecule has 4 aromatic rings. The van der Waals surface area contributed by atoms with Crippen molar-refractivity contribution in [2.75, 3.05) is 19.0 Å². The molecule has 168 valence electrons. The van der Waals surface area contributed by atoms with Crippen LogP contribution in [-0.2, 0) is 11.4 Å². The fourth-order valence-electron chi connectivity index (χ4n) is 3.24. The number of hydrogen-bond donors (Lipinski definition) is 1. The van der Waals surface area contributed by atoms with Gasteiger partial charge in [0.05, 0.1) is 18.5 Å². The van der Waals surface area contributed by atoms with E-state index in [4.69, 9.17) is 14.2 Å². The molecule has 2 aromatic carbocycles. The number of aryl methyl sites for hydroxylation is 1. The van der Waals surface area contributed by atoms with Crippen molar-refractivity contribution in [2.45, 2.75) is 13.5 Å². The molecule has 1 amide bonds. The second-order valence-electron chi connectivity index (χ2n) is 7.27. The van der Waals surface area contributed by atoms with E-state index in [1.807, 2.05) is 13.0 Å². The van der Waals surface area contributed by atoms with Crippen molar-refractivity contribution in [1.82, 2.24) is 9.38 Å². The first-order valence-electron chi connectivity index (χ1n) is 10.3. The van der Waals surface area contributed by atoms with Crippen LogP contribution in [0, 0.1) is 6.92 Å². The highest BCUT2D eigenvalue weighted by Crippen LogP contribution is 2.25. The van der Waals surface area contributed by atoms with Crippen LogP contribution in [-0.4, -0.2) is 29.0 Å². The molecule has 0 atom stereocenters. The Morgan fingerprint density at radius 2 is 1.76 bits per heavy atom. The SMILES string of the molecule is COc1ccc(OCC(=O)Nc2ccccc2OCc2cc(=O)n3cccc(C)c3n2)cc1. The highest BCUT2D eigenvalue weighted by molar-refractivity contribution is 5.93. The molecule has 33 heavy (non-hydrogen) atoms. The highest BCUT2D eigenvalue weighted by atomic mass is 16.5. The Balaban J connectivity index is 1.41. The molecule has 0 aliphatic heterocycles. The van der Waals surface area contributed by atoms with Gasteiger partial charge in [0.15, 0.2) is 6.61 Å². The maximum Gasteiger partial charge on any atom is 0.262 e. The second kappa shape index (κ2) is 9.86. The lowest BCUT2D eigenvalue weighted by Crippen LogP contribution is -2.20. The first-order valence-corrected chi connectivity index (χ1v) is 10.3. The summed E-state index contributed by atoms with van der Waals surface area (Å²) in [5, 5.41) is 2.79. The molecule has 1 N–H and O–H groups in total. The minimum absolute atomic E-state index is 0.0787. The van der Waals surface area contributed by atoms with E-state index in [0.29, 0.717) is 34.3 Å². The second-order valence-corrected chi connectivity index (χ2v) is 7.27. The third-order valence-electron chi connectivity index (χ3n) is 4.91. The van der Waals surface area contributed by atoms with E-state index >= 15 is 0 Å². The number of hydrogen-bond acceptors (Lipinski definition) is 6. The summed E-state index contributed by atoms with van der Waals surface area (Å²) in [7, 11) is 1.58. The van der Waals surface area contributed by atoms with Gasteiger partial charge >= 0.3 is 0 Å². The topological polar surface area (TPSA) is 91.2 Å². The lowest BCUT2D eigenvalue weighted by molar-refractivity contribution is -0.118. The molecule has 0 aliphatic carbocycles. The fraction of sp³-hybridized carbons (Fsp3) is 0.160. The number of rotatable bonds is 8. The summed E-state index contributed by atoms with van der Waals surface area (Å²) in [6, 6.07) is 19.2. The maximum atomic E-state index is 12.4. The molecule has 8 heteroatoms. The fourth-order valence-corrected chi connectivity index (χ4v) is 3.24. The van der Waals surface area contributed by atoms with Gasteiger partial charge in [-0.15, -0.1) is 0 Å². The lowest BCUT2D eigenvalue weighted by Gasteiger charge is -2.13. The largest absolute Gasteiger partial charge is 0.497 e. The Kier molecular flexibility index (Phi) is 6.54. The summed E-state index contributed by atoms with van der Waals surface area (Å²) in [5.74, 6) is 1.39. The number of carbonyl (C=O) groups is 1. The molecule has 0 saturated carbocycles. The Labute approximate surface area is 190 Å². The number of nitrogens with one attached hydrogen (secondary N) is 1. The molecule has 0 spiro atoms. The molecule has 0 aliphatic rings. The Morgan fingerprint density at radius 1 is 1.00 bits per heavy atom. The van der Waals surface area contributed by atoms with Crippen LogP contribution < -0.4 is 25.1 Å². The molecule has 0 unspecified atom stereocenters. The van der Waals surface area contributed by atoms with Gasteiger partial charge in [-0.25, -0.2) is 4.98 Å². The first kappa shape index (κ1) is 21.9. The third kappa shape index (κ3) is 5.30. The number of para-hydroxylation sites is 2. The summed E-state index contributed by atoms with van der Waals surface area (Å²) < 4.78 is 18.0. The van der Waals surface area contributed by atoms with Crippen molar-refractivity contribution in [3.05, 3.63) is 94.5 Å². The van der Waals surface area contributed by atoms with Crippen LogP contribution in [0.15, 0.2) is 77.7 Å². The average molecular weight is 445 g/mol. The van der Waals surface area contributed by atoms with Gasteiger partial charge in [0, 0.05) is 12.3 Å². The predicted molar refractivity (Wildman–Crippen MR) is 124 cm³/mol. The van der Waals surface area contributed by atoms with Crippen molar-refractivity contribution in [2.24, 2.45) is 0 Å². The summed E-state index contributed by atoms with van der Waals surface area (Å²) in [4.78, 5) is 29.3. The minimum atomic E-state index is -0.334. The number of ether oxygens (including phenoxy) is 3. The van der Waals surface area contributed by atoms with E-state index in [2.05, 4.69) is 10.3 Å². The van der Waals surface area contributed by atoms with Crippen LogP contribution in [0.4, 0.5) is 5.69 Å². The maximum absolute atomic E-state index is 12.4. The van der Waals surface area contributed by atoms with Gasteiger partial charge in [-0.2, -0.15) is 0 Å². The van der Waals surface area contributed by atoms with Crippen LogP contribution in [0.3, 0.4) is 0 Å². The van der Waals surface area contributed by atoms with Gasteiger partial charge in [0.1, 0.15) is 29.5 Å². The van der Waals surface area contributed by atoms with Gasteiger partial charge in [0.2, 0.25) is 0 Å². The number of methoxy groups -OCH3 is 1. The molecule has 0 saturated heterocycles. The van der Waals surface area contributed by atoms with Crippen LogP contribution in [0.1, 0.15) is 11.3 Å². The van der Waals surface area contributed by atoms with Gasteiger partial charge in [-0.3, -0.25) is 14.0 Å². The molecule has 0 bridgehead atoms.